The lowest BCUT2D eigenvalue weighted by Crippen LogP contribution is -2.39. The van der Waals surface area contributed by atoms with Crippen LogP contribution in [0.5, 0.6) is 0 Å². The second kappa shape index (κ2) is 9.74. The first-order valence-corrected chi connectivity index (χ1v) is 12.6. The van der Waals surface area contributed by atoms with E-state index in [2.05, 4.69) is 10.1 Å². The number of fused-ring (bicyclic) bond motifs is 1. The highest BCUT2D eigenvalue weighted by Crippen LogP contribution is 2.27. The molecule has 1 saturated heterocycles. The van der Waals surface area contributed by atoms with Gasteiger partial charge in [-0.1, -0.05) is 5.16 Å². The van der Waals surface area contributed by atoms with E-state index in [4.69, 9.17) is 0 Å². The summed E-state index contributed by atoms with van der Waals surface area (Å²) in [5.41, 5.74) is 1.36. The average Bonchev–Trinajstić information content (AvgIpc) is 3.16. The Morgan fingerprint density at radius 3 is 2.48 bits per heavy atom. The minimum Gasteiger partial charge on any atom is -0.411 e. The second-order valence-corrected chi connectivity index (χ2v) is 10.6. The van der Waals surface area contributed by atoms with Crippen molar-refractivity contribution in [2.24, 2.45) is 18.1 Å². The van der Waals surface area contributed by atoms with Crippen LogP contribution in [0.3, 0.4) is 0 Å². The van der Waals surface area contributed by atoms with Crippen molar-refractivity contribution < 1.29 is 22.8 Å². The predicted molar refractivity (Wildman–Crippen MR) is 122 cm³/mol. The van der Waals surface area contributed by atoms with Crippen LogP contribution in [0.2, 0.25) is 0 Å². The number of carbonyl (C=O) groups is 1. The highest BCUT2D eigenvalue weighted by atomic mass is 32.2. The number of ketones is 1. The molecule has 0 aliphatic carbocycles. The first-order chi connectivity index (χ1) is 15.8. The Labute approximate surface area is 193 Å². The number of benzene rings is 1. The number of oxime groups is 1. The van der Waals surface area contributed by atoms with E-state index in [9.17, 15) is 22.8 Å². The molecular weight excluding hydrogens is 447 g/mol. The Bertz CT molecular complexity index is 1140. The van der Waals surface area contributed by atoms with Crippen molar-refractivity contribution in [3.63, 3.8) is 0 Å². The maximum Gasteiger partial charge on any atom is 0.245 e. The smallest absolute Gasteiger partial charge is 0.245 e. The van der Waals surface area contributed by atoms with E-state index in [0.717, 1.165) is 32.5 Å². The SMILES string of the molecule is Cn1ccc2c1/C(=N\O)CCN(CCCN1CCC(C(=O)c3ccc(F)cc3)CC1)S2(=O)=O. The number of aryl methyl sites for hydroxylation is 1. The maximum absolute atomic E-state index is 13.2. The second-order valence-electron chi connectivity index (χ2n) is 8.68. The minimum atomic E-state index is -3.67. The van der Waals surface area contributed by atoms with Gasteiger partial charge in [-0.05, 0) is 69.2 Å². The van der Waals surface area contributed by atoms with Crippen molar-refractivity contribution >= 4 is 21.5 Å². The van der Waals surface area contributed by atoms with E-state index in [1.165, 1.54) is 28.6 Å². The zero-order chi connectivity index (χ0) is 23.6. The molecule has 33 heavy (non-hydrogen) atoms. The van der Waals surface area contributed by atoms with Gasteiger partial charge < -0.3 is 14.7 Å². The molecule has 0 amide bonds. The number of hydrogen-bond acceptors (Lipinski definition) is 6. The lowest BCUT2D eigenvalue weighted by Gasteiger charge is -2.31. The largest absolute Gasteiger partial charge is 0.411 e. The molecule has 2 aliphatic rings. The Kier molecular flexibility index (Phi) is 6.96. The summed E-state index contributed by atoms with van der Waals surface area (Å²) in [5.74, 6) is -0.355. The highest BCUT2D eigenvalue weighted by molar-refractivity contribution is 7.89. The molecule has 0 atom stereocenters. The monoisotopic (exact) mass is 476 g/mol. The van der Waals surface area contributed by atoms with Crippen LogP contribution in [0.15, 0.2) is 46.6 Å². The first kappa shape index (κ1) is 23.6. The number of likely N-dealkylation sites (tertiary alicyclic amines) is 1. The van der Waals surface area contributed by atoms with Gasteiger partial charge in [0.2, 0.25) is 10.0 Å². The molecule has 178 valence electrons. The molecule has 1 aromatic heterocycles. The molecule has 1 fully saturated rings. The van der Waals surface area contributed by atoms with E-state index in [1.54, 1.807) is 23.9 Å². The van der Waals surface area contributed by atoms with Crippen molar-refractivity contribution in [3.8, 4) is 0 Å². The van der Waals surface area contributed by atoms with Crippen LogP contribution in [0.4, 0.5) is 4.39 Å². The third-order valence-electron chi connectivity index (χ3n) is 6.61. The Balaban J connectivity index is 1.30. The quantitative estimate of drug-likeness (QED) is 0.393. The molecule has 8 nitrogen and oxygen atoms in total. The molecule has 4 rings (SSSR count). The van der Waals surface area contributed by atoms with Gasteiger partial charge in [0.25, 0.3) is 0 Å². The third-order valence-corrected chi connectivity index (χ3v) is 8.54. The first-order valence-electron chi connectivity index (χ1n) is 11.2. The molecule has 10 heteroatoms. The van der Waals surface area contributed by atoms with Crippen molar-refractivity contribution in [3.05, 3.63) is 53.6 Å². The molecule has 0 saturated carbocycles. The normalized spacial score (nSPS) is 21.1. The molecule has 0 spiro atoms. The number of sulfonamides is 1. The van der Waals surface area contributed by atoms with Crippen LogP contribution in [0.1, 0.15) is 41.7 Å². The van der Waals surface area contributed by atoms with Crippen molar-refractivity contribution in [1.29, 1.82) is 0 Å². The molecule has 0 bridgehead atoms. The van der Waals surface area contributed by atoms with Crippen LogP contribution < -0.4 is 0 Å². The Morgan fingerprint density at radius 1 is 1.12 bits per heavy atom. The molecule has 1 N–H and O–H groups in total. The van der Waals surface area contributed by atoms with Gasteiger partial charge in [-0.25, -0.2) is 12.8 Å². The van der Waals surface area contributed by atoms with Crippen LogP contribution in [-0.2, 0) is 17.1 Å². The standard InChI is InChI=1S/C23H29FN4O4S/c1-26-13-10-21-22(26)20(25-30)9-16-28(33(21,31)32)12-2-11-27-14-7-18(8-15-27)23(29)17-3-5-19(24)6-4-17/h3-6,10,13,18,30H,2,7-9,11-12,14-16H2,1H3/b25-20-. The van der Waals surface area contributed by atoms with E-state index >= 15 is 0 Å². The fourth-order valence-electron chi connectivity index (χ4n) is 4.74. The van der Waals surface area contributed by atoms with E-state index in [-0.39, 0.29) is 29.0 Å². The molecule has 3 heterocycles. The number of halogens is 1. The lowest BCUT2D eigenvalue weighted by molar-refractivity contribution is 0.0838. The number of aromatic nitrogens is 1. The topological polar surface area (TPSA) is 95.2 Å². The van der Waals surface area contributed by atoms with Gasteiger partial charge in [0.15, 0.2) is 5.78 Å². The number of piperidine rings is 1. The molecule has 1 aromatic carbocycles. The maximum atomic E-state index is 13.2. The Hall–Kier alpha value is -2.56. The zero-order valence-corrected chi connectivity index (χ0v) is 19.5. The van der Waals surface area contributed by atoms with Gasteiger partial charge in [0, 0.05) is 44.2 Å². The summed E-state index contributed by atoms with van der Waals surface area (Å²) in [6.45, 7) is 2.93. The molecule has 0 radical (unpaired) electrons. The summed E-state index contributed by atoms with van der Waals surface area (Å²) >= 11 is 0. The van der Waals surface area contributed by atoms with Gasteiger partial charge in [0.05, 0.1) is 5.69 Å². The van der Waals surface area contributed by atoms with Crippen LogP contribution in [0, 0.1) is 11.7 Å². The van der Waals surface area contributed by atoms with Crippen LogP contribution >= 0.6 is 0 Å². The van der Waals surface area contributed by atoms with Crippen LogP contribution in [0.25, 0.3) is 0 Å². The third kappa shape index (κ3) is 4.87. The van der Waals surface area contributed by atoms with Crippen molar-refractivity contribution in [2.45, 2.75) is 30.6 Å². The zero-order valence-electron chi connectivity index (χ0n) is 18.7. The number of Topliss-reactive ketones (excluding diaryl/α,β-unsaturated/α-hetero) is 1. The van der Waals surface area contributed by atoms with Gasteiger partial charge in [0.1, 0.15) is 16.4 Å². The predicted octanol–water partition coefficient (Wildman–Crippen LogP) is 2.72. The van der Waals surface area contributed by atoms with Gasteiger partial charge in [-0.2, -0.15) is 4.31 Å². The fourth-order valence-corrected chi connectivity index (χ4v) is 6.46. The van der Waals surface area contributed by atoms with E-state index < -0.39 is 10.0 Å². The summed E-state index contributed by atoms with van der Waals surface area (Å²) in [6, 6.07) is 7.25. The number of nitrogens with zero attached hydrogens (tertiary/aromatic N) is 4. The minimum absolute atomic E-state index is 0.0605. The van der Waals surface area contributed by atoms with Gasteiger partial charge in [-0.15, -0.1) is 0 Å². The highest BCUT2D eigenvalue weighted by Gasteiger charge is 2.34. The summed E-state index contributed by atoms with van der Waals surface area (Å²) in [6.07, 6.45) is 4.15. The molecular formula is C23H29FN4O4S. The van der Waals surface area contributed by atoms with E-state index in [0.29, 0.717) is 36.4 Å². The summed E-state index contributed by atoms with van der Waals surface area (Å²) in [5, 5.41) is 12.7. The van der Waals surface area contributed by atoms with Crippen molar-refractivity contribution in [2.75, 3.05) is 32.7 Å². The van der Waals surface area contributed by atoms with Crippen molar-refractivity contribution in [1.82, 2.24) is 13.8 Å². The summed E-state index contributed by atoms with van der Waals surface area (Å²) in [7, 11) is -1.93. The van der Waals surface area contributed by atoms with Gasteiger partial charge >= 0.3 is 0 Å². The van der Waals surface area contributed by atoms with Gasteiger partial charge in [-0.3, -0.25) is 4.79 Å². The average molecular weight is 477 g/mol. The molecule has 0 unspecified atom stereocenters. The number of carbonyl (C=O) groups excluding carboxylic acids is 1. The summed E-state index contributed by atoms with van der Waals surface area (Å²) in [4.78, 5) is 15.1. The van der Waals surface area contributed by atoms with Crippen LogP contribution in [-0.4, -0.2) is 71.6 Å². The fraction of sp³-hybridized carbons (Fsp3) is 0.478. The number of hydrogen-bond donors (Lipinski definition) is 1. The molecule has 2 aliphatic heterocycles. The molecule has 2 aromatic rings. The lowest BCUT2D eigenvalue weighted by atomic mass is 9.89. The number of rotatable bonds is 6. The van der Waals surface area contributed by atoms with E-state index in [1.807, 2.05) is 0 Å². The summed E-state index contributed by atoms with van der Waals surface area (Å²) < 4.78 is 42.6. The Morgan fingerprint density at radius 2 is 1.82 bits per heavy atom.